The number of hydrogen-bond acceptors (Lipinski definition) is 4. The van der Waals surface area contributed by atoms with Gasteiger partial charge in [-0.2, -0.15) is 0 Å². The van der Waals surface area contributed by atoms with Gasteiger partial charge < -0.3 is 19.7 Å². The second-order valence-electron chi connectivity index (χ2n) is 6.76. The van der Waals surface area contributed by atoms with Crippen molar-refractivity contribution in [3.8, 4) is 0 Å². The number of nitrogens with zero attached hydrogens (tertiary/aromatic N) is 2. The maximum atomic E-state index is 11.8. The molecule has 1 aromatic rings. The van der Waals surface area contributed by atoms with Gasteiger partial charge in [0.15, 0.2) is 5.96 Å². The van der Waals surface area contributed by atoms with Crippen LogP contribution in [0.5, 0.6) is 0 Å². The van der Waals surface area contributed by atoms with Crippen LogP contribution in [0.4, 0.5) is 0 Å². The fourth-order valence-electron chi connectivity index (χ4n) is 3.27. The lowest BCUT2D eigenvalue weighted by Crippen LogP contribution is -2.47. The first-order valence-electron chi connectivity index (χ1n) is 9.94. The maximum Gasteiger partial charge on any atom is 0.309 e. The molecule has 6 nitrogen and oxygen atoms in total. The molecule has 0 aromatic heterocycles. The molecule has 150 valence electrons. The first-order chi connectivity index (χ1) is 13.2. The zero-order chi connectivity index (χ0) is 19.5. The van der Waals surface area contributed by atoms with E-state index in [0.717, 1.165) is 44.9 Å². The Morgan fingerprint density at radius 1 is 1.30 bits per heavy atom. The number of benzene rings is 1. The van der Waals surface area contributed by atoms with E-state index < -0.39 is 0 Å². The van der Waals surface area contributed by atoms with Crippen molar-refractivity contribution in [2.75, 3.05) is 39.9 Å². The van der Waals surface area contributed by atoms with Gasteiger partial charge in [0.1, 0.15) is 0 Å². The van der Waals surface area contributed by atoms with E-state index in [1.54, 1.807) is 7.05 Å². The standard InChI is InChI=1S/C21H33N3O3/c1-4-26-20(25)19-11-14-24(15-12-19)21(22-3)23-13-8-16-27-17(2)18-9-6-5-7-10-18/h5-7,9-10,17,19H,4,8,11-16H2,1-3H3,(H,22,23). The predicted molar refractivity (Wildman–Crippen MR) is 108 cm³/mol. The van der Waals surface area contributed by atoms with Crippen LogP contribution < -0.4 is 5.32 Å². The van der Waals surface area contributed by atoms with Crippen LogP contribution >= 0.6 is 0 Å². The van der Waals surface area contributed by atoms with Crippen LogP contribution in [0.2, 0.25) is 0 Å². The van der Waals surface area contributed by atoms with Gasteiger partial charge in [-0.05, 0) is 38.7 Å². The van der Waals surface area contributed by atoms with Crippen LogP contribution in [0.1, 0.15) is 44.8 Å². The van der Waals surface area contributed by atoms with Gasteiger partial charge in [0.2, 0.25) is 0 Å². The van der Waals surface area contributed by atoms with Gasteiger partial charge in [0.05, 0.1) is 18.6 Å². The van der Waals surface area contributed by atoms with Gasteiger partial charge in [-0.3, -0.25) is 9.79 Å². The van der Waals surface area contributed by atoms with Crippen molar-refractivity contribution in [1.82, 2.24) is 10.2 Å². The number of guanidine groups is 1. The Kier molecular flexibility index (Phi) is 9.11. The molecule has 1 fully saturated rings. The van der Waals surface area contributed by atoms with E-state index in [-0.39, 0.29) is 18.0 Å². The summed E-state index contributed by atoms with van der Waals surface area (Å²) in [4.78, 5) is 18.4. The third-order valence-corrected chi connectivity index (χ3v) is 4.87. The lowest BCUT2D eigenvalue weighted by Gasteiger charge is -2.33. The highest BCUT2D eigenvalue weighted by Gasteiger charge is 2.27. The SMILES string of the molecule is CCOC(=O)C1CCN(C(=NC)NCCCOC(C)c2ccccc2)CC1. The predicted octanol–water partition coefficient (Wildman–Crippen LogP) is 3.00. The minimum Gasteiger partial charge on any atom is -0.466 e. The molecule has 2 rings (SSSR count). The summed E-state index contributed by atoms with van der Waals surface area (Å²) in [5.74, 6) is 0.852. The molecular weight excluding hydrogens is 342 g/mol. The normalized spacial score (nSPS) is 16.9. The second kappa shape index (κ2) is 11.6. The number of likely N-dealkylation sites (tertiary alicyclic amines) is 1. The number of hydrogen-bond donors (Lipinski definition) is 1. The smallest absolute Gasteiger partial charge is 0.309 e. The molecule has 1 unspecified atom stereocenters. The van der Waals surface area contributed by atoms with Crippen molar-refractivity contribution in [3.05, 3.63) is 35.9 Å². The molecule has 0 radical (unpaired) electrons. The first kappa shape index (κ1) is 21.2. The van der Waals surface area contributed by atoms with Crippen molar-refractivity contribution in [1.29, 1.82) is 0 Å². The molecule has 0 spiro atoms. The molecule has 1 aliphatic heterocycles. The van der Waals surface area contributed by atoms with Crippen molar-refractivity contribution < 1.29 is 14.3 Å². The minimum atomic E-state index is -0.0650. The monoisotopic (exact) mass is 375 g/mol. The average Bonchev–Trinajstić information content (AvgIpc) is 2.71. The fourth-order valence-corrected chi connectivity index (χ4v) is 3.27. The highest BCUT2D eigenvalue weighted by atomic mass is 16.5. The van der Waals surface area contributed by atoms with Gasteiger partial charge in [-0.25, -0.2) is 0 Å². The fraction of sp³-hybridized carbons (Fsp3) is 0.619. The Hall–Kier alpha value is -2.08. The summed E-state index contributed by atoms with van der Waals surface area (Å²) in [6.07, 6.45) is 2.65. The Labute approximate surface area is 162 Å². The highest BCUT2D eigenvalue weighted by Crippen LogP contribution is 2.19. The number of esters is 1. The summed E-state index contributed by atoms with van der Waals surface area (Å²) in [7, 11) is 1.80. The van der Waals surface area contributed by atoms with Crippen LogP contribution in [0.3, 0.4) is 0 Å². The summed E-state index contributed by atoms with van der Waals surface area (Å²) in [5.41, 5.74) is 1.20. The summed E-state index contributed by atoms with van der Waals surface area (Å²) in [5, 5.41) is 3.40. The van der Waals surface area contributed by atoms with Crippen LogP contribution in [0.25, 0.3) is 0 Å². The largest absolute Gasteiger partial charge is 0.466 e. The van der Waals surface area contributed by atoms with E-state index in [2.05, 4.69) is 34.3 Å². The Morgan fingerprint density at radius 3 is 2.63 bits per heavy atom. The highest BCUT2D eigenvalue weighted by molar-refractivity contribution is 5.80. The first-order valence-corrected chi connectivity index (χ1v) is 9.94. The van der Waals surface area contributed by atoms with Crippen LogP contribution in [0, 0.1) is 5.92 Å². The molecule has 0 aliphatic carbocycles. The van der Waals surface area contributed by atoms with E-state index in [4.69, 9.17) is 9.47 Å². The van der Waals surface area contributed by atoms with Gasteiger partial charge in [-0.15, -0.1) is 0 Å². The number of ether oxygens (including phenoxy) is 2. The van der Waals surface area contributed by atoms with E-state index in [1.165, 1.54) is 5.56 Å². The number of aliphatic imine (C=N–C) groups is 1. The third kappa shape index (κ3) is 6.86. The second-order valence-corrected chi connectivity index (χ2v) is 6.76. The van der Waals surface area contributed by atoms with E-state index in [1.807, 2.05) is 25.1 Å². The summed E-state index contributed by atoms with van der Waals surface area (Å²) < 4.78 is 11.0. The van der Waals surface area contributed by atoms with Gasteiger partial charge >= 0.3 is 5.97 Å². The van der Waals surface area contributed by atoms with Crippen LogP contribution in [0.15, 0.2) is 35.3 Å². The number of rotatable bonds is 8. The van der Waals surface area contributed by atoms with Gasteiger partial charge in [-0.1, -0.05) is 30.3 Å². The molecule has 1 aromatic carbocycles. The van der Waals surface area contributed by atoms with E-state index >= 15 is 0 Å². The molecule has 1 saturated heterocycles. The van der Waals surface area contributed by atoms with Crippen molar-refractivity contribution >= 4 is 11.9 Å². The number of carbonyl (C=O) groups excluding carboxylic acids is 1. The van der Waals surface area contributed by atoms with Gasteiger partial charge in [0, 0.05) is 33.3 Å². The maximum absolute atomic E-state index is 11.8. The number of nitrogens with one attached hydrogen (secondary N) is 1. The van der Waals surface area contributed by atoms with Crippen molar-refractivity contribution in [2.45, 2.75) is 39.2 Å². The third-order valence-electron chi connectivity index (χ3n) is 4.87. The quantitative estimate of drug-likeness (QED) is 0.328. The van der Waals surface area contributed by atoms with Crippen LogP contribution in [-0.4, -0.2) is 56.7 Å². The molecule has 0 bridgehead atoms. The molecule has 1 atom stereocenters. The Morgan fingerprint density at radius 2 is 2.00 bits per heavy atom. The van der Waals surface area contributed by atoms with E-state index in [0.29, 0.717) is 13.2 Å². The van der Waals surface area contributed by atoms with Gasteiger partial charge in [0.25, 0.3) is 0 Å². The molecular formula is C21H33N3O3. The molecule has 6 heteroatoms. The topological polar surface area (TPSA) is 63.2 Å². The lowest BCUT2D eigenvalue weighted by molar-refractivity contribution is -0.149. The summed E-state index contributed by atoms with van der Waals surface area (Å²) in [6, 6.07) is 10.3. The Balaban J connectivity index is 1.64. The Bertz CT molecular complexity index is 584. The van der Waals surface area contributed by atoms with Crippen LogP contribution in [-0.2, 0) is 14.3 Å². The zero-order valence-electron chi connectivity index (χ0n) is 16.8. The van der Waals surface area contributed by atoms with Crippen molar-refractivity contribution in [3.63, 3.8) is 0 Å². The number of piperidine rings is 1. The zero-order valence-corrected chi connectivity index (χ0v) is 16.8. The molecule has 0 amide bonds. The molecule has 0 saturated carbocycles. The average molecular weight is 376 g/mol. The lowest BCUT2D eigenvalue weighted by atomic mass is 9.97. The molecule has 1 N–H and O–H groups in total. The summed E-state index contributed by atoms with van der Waals surface area (Å²) >= 11 is 0. The molecule has 27 heavy (non-hydrogen) atoms. The summed E-state index contributed by atoms with van der Waals surface area (Å²) in [6.45, 7) is 7.54. The molecule has 1 aliphatic rings. The minimum absolute atomic E-state index is 0.0205. The van der Waals surface area contributed by atoms with Crippen molar-refractivity contribution in [2.24, 2.45) is 10.9 Å². The molecule has 1 heterocycles. The van der Waals surface area contributed by atoms with E-state index in [9.17, 15) is 4.79 Å². The number of carbonyl (C=O) groups is 1.